The van der Waals surface area contributed by atoms with Gasteiger partial charge >= 0.3 is 0 Å². The number of aliphatic hydroxyl groups is 1. The zero-order valence-electron chi connectivity index (χ0n) is 8.68. The summed E-state index contributed by atoms with van der Waals surface area (Å²) in [5.41, 5.74) is 14.9. The Morgan fingerprint density at radius 2 is 2.12 bits per heavy atom. The first-order valence-corrected chi connectivity index (χ1v) is 5.79. The first-order valence-electron chi connectivity index (χ1n) is 4.91. The third kappa shape index (κ3) is 1.87. The van der Waals surface area contributed by atoms with Gasteiger partial charge in [-0.15, -0.1) is 11.3 Å². The second-order valence-corrected chi connectivity index (χ2v) is 4.31. The first kappa shape index (κ1) is 10.9. The van der Waals surface area contributed by atoms with Gasteiger partial charge in [-0.1, -0.05) is 6.07 Å². The number of benzene rings is 1. The Balaban J connectivity index is 2.55. The normalized spacial score (nSPS) is 10.6. The van der Waals surface area contributed by atoms with Crippen molar-refractivity contribution >= 4 is 22.7 Å². The van der Waals surface area contributed by atoms with E-state index in [1.807, 2.05) is 11.4 Å². The van der Waals surface area contributed by atoms with Crippen molar-refractivity contribution in [2.45, 2.75) is 6.42 Å². The molecule has 4 nitrogen and oxygen atoms in total. The molecule has 0 spiro atoms. The number of nitrogen functional groups attached to an aromatic ring is 2. The second-order valence-electron chi connectivity index (χ2n) is 3.41. The van der Waals surface area contributed by atoms with Gasteiger partial charge in [-0.05, 0) is 18.1 Å². The summed E-state index contributed by atoms with van der Waals surface area (Å²) in [6.07, 6.45) is 2.25. The highest BCUT2D eigenvalue weighted by atomic mass is 32.1. The molecule has 1 aromatic heterocycles. The fraction of sp³-hybridized carbons (Fsp3) is 0.182. The number of anilines is 2. The maximum Gasteiger partial charge on any atom is 0.127 e. The average molecular weight is 235 g/mol. The van der Waals surface area contributed by atoms with E-state index in [0.29, 0.717) is 17.8 Å². The molecule has 0 unspecified atom stereocenters. The highest BCUT2D eigenvalue weighted by molar-refractivity contribution is 7.13. The molecule has 1 aromatic carbocycles. The topological polar surface area (TPSA) is 85.2 Å². The molecule has 0 saturated carbocycles. The molecule has 0 aliphatic carbocycles. The number of nitrogens with zero attached hydrogens (tertiary/aromatic N) is 1. The summed E-state index contributed by atoms with van der Waals surface area (Å²) in [6, 6.07) is 3.65. The fourth-order valence-electron chi connectivity index (χ4n) is 1.60. The van der Waals surface area contributed by atoms with Gasteiger partial charge in [-0.2, -0.15) is 0 Å². The maximum absolute atomic E-state index is 8.94. The maximum atomic E-state index is 8.94. The molecule has 0 bridgehead atoms. The molecule has 5 N–H and O–H groups in total. The Labute approximate surface area is 97.6 Å². The summed E-state index contributed by atoms with van der Waals surface area (Å²) < 4.78 is 0. The van der Waals surface area contributed by atoms with E-state index in [0.717, 1.165) is 16.1 Å². The first-order chi connectivity index (χ1) is 7.74. The minimum atomic E-state index is 0.0748. The Bertz CT molecular complexity index is 482. The lowest BCUT2D eigenvalue weighted by Gasteiger charge is -2.11. The van der Waals surface area contributed by atoms with Crippen molar-refractivity contribution in [3.63, 3.8) is 0 Å². The molecule has 2 aromatic rings. The van der Waals surface area contributed by atoms with Crippen molar-refractivity contribution in [3.8, 4) is 10.6 Å². The number of rotatable bonds is 3. The van der Waals surface area contributed by atoms with Crippen molar-refractivity contribution in [2.75, 3.05) is 18.1 Å². The molecule has 5 heteroatoms. The Kier molecular flexibility index (Phi) is 3.07. The van der Waals surface area contributed by atoms with Gasteiger partial charge in [0.2, 0.25) is 0 Å². The molecule has 0 fully saturated rings. The summed E-state index contributed by atoms with van der Waals surface area (Å²) >= 11 is 1.50. The zero-order chi connectivity index (χ0) is 11.5. The Hall–Kier alpha value is -1.59. The molecule has 16 heavy (non-hydrogen) atoms. The predicted octanol–water partition coefficient (Wildman–Crippen LogP) is 1.51. The quantitative estimate of drug-likeness (QED) is 0.704. The highest BCUT2D eigenvalue weighted by Crippen LogP contribution is 2.35. The van der Waals surface area contributed by atoms with Crippen LogP contribution in [-0.4, -0.2) is 16.7 Å². The lowest BCUT2D eigenvalue weighted by Crippen LogP contribution is -2.02. The number of hydrogen-bond acceptors (Lipinski definition) is 5. The molecule has 84 valence electrons. The number of aromatic nitrogens is 1. The van der Waals surface area contributed by atoms with Gasteiger partial charge in [0.25, 0.3) is 0 Å². The van der Waals surface area contributed by atoms with Gasteiger partial charge in [-0.25, -0.2) is 4.98 Å². The van der Waals surface area contributed by atoms with Crippen LogP contribution in [0.2, 0.25) is 0 Å². The van der Waals surface area contributed by atoms with Crippen LogP contribution in [0.5, 0.6) is 0 Å². The van der Waals surface area contributed by atoms with E-state index in [-0.39, 0.29) is 6.61 Å². The molecule has 1 heterocycles. The summed E-state index contributed by atoms with van der Waals surface area (Å²) in [5.74, 6) is 0. The van der Waals surface area contributed by atoms with E-state index in [9.17, 15) is 0 Å². The van der Waals surface area contributed by atoms with E-state index >= 15 is 0 Å². The van der Waals surface area contributed by atoms with Crippen LogP contribution in [-0.2, 0) is 6.42 Å². The molecule has 0 saturated heterocycles. The van der Waals surface area contributed by atoms with Gasteiger partial charge in [-0.3, -0.25) is 0 Å². The molecule has 0 atom stereocenters. The molecule has 0 radical (unpaired) electrons. The van der Waals surface area contributed by atoms with E-state index in [1.54, 1.807) is 12.3 Å². The van der Waals surface area contributed by atoms with E-state index < -0.39 is 0 Å². The van der Waals surface area contributed by atoms with Crippen LogP contribution in [0, 0.1) is 0 Å². The summed E-state index contributed by atoms with van der Waals surface area (Å²) in [4.78, 5) is 4.21. The predicted molar refractivity (Wildman–Crippen MR) is 67.2 cm³/mol. The summed E-state index contributed by atoms with van der Waals surface area (Å²) in [6.45, 7) is 0.0748. The van der Waals surface area contributed by atoms with Crippen LogP contribution < -0.4 is 11.5 Å². The van der Waals surface area contributed by atoms with Crippen LogP contribution in [0.25, 0.3) is 10.6 Å². The van der Waals surface area contributed by atoms with E-state index in [1.165, 1.54) is 11.3 Å². The Morgan fingerprint density at radius 3 is 2.75 bits per heavy atom. The van der Waals surface area contributed by atoms with Crippen LogP contribution in [0.3, 0.4) is 0 Å². The lowest BCUT2D eigenvalue weighted by atomic mass is 10.0. The molecular formula is C11H13N3OS. The summed E-state index contributed by atoms with van der Waals surface area (Å²) in [5, 5.41) is 11.6. The average Bonchev–Trinajstić information content (AvgIpc) is 2.76. The summed E-state index contributed by atoms with van der Waals surface area (Å²) in [7, 11) is 0. The zero-order valence-corrected chi connectivity index (χ0v) is 9.50. The number of hydrogen-bond donors (Lipinski definition) is 3. The van der Waals surface area contributed by atoms with Gasteiger partial charge in [0.1, 0.15) is 5.01 Å². The van der Waals surface area contributed by atoms with Crippen molar-refractivity contribution < 1.29 is 5.11 Å². The van der Waals surface area contributed by atoms with Crippen molar-refractivity contribution in [2.24, 2.45) is 0 Å². The van der Waals surface area contributed by atoms with Gasteiger partial charge in [0.15, 0.2) is 0 Å². The van der Waals surface area contributed by atoms with Crippen molar-refractivity contribution in [1.82, 2.24) is 4.98 Å². The van der Waals surface area contributed by atoms with Crippen LogP contribution in [0.1, 0.15) is 5.56 Å². The highest BCUT2D eigenvalue weighted by Gasteiger charge is 2.12. The lowest BCUT2D eigenvalue weighted by molar-refractivity contribution is 0.300. The largest absolute Gasteiger partial charge is 0.398 e. The molecule has 0 aliphatic rings. The van der Waals surface area contributed by atoms with Gasteiger partial charge in [0, 0.05) is 29.6 Å². The minimum Gasteiger partial charge on any atom is -0.398 e. The molecule has 0 amide bonds. The third-order valence-electron chi connectivity index (χ3n) is 2.40. The smallest absolute Gasteiger partial charge is 0.127 e. The van der Waals surface area contributed by atoms with Crippen LogP contribution >= 0.6 is 11.3 Å². The van der Waals surface area contributed by atoms with Crippen LogP contribution in [0.15, 0.2) is 23.7 Å². The third-order valence-corrected chi connectivity index (χ3v) is 3.19. The van der Waals surface area contributed by atoms with E-state index in [4.69, 9.17) is 16.6 Å². The number of thiazole rings is 1. The molecule has 2 rings (SSSR count). The minimum absolute atomic E-state index is 0.0748. The van der Waals surface area contributed by atoms with Crippen molar-refractivity contribution in [3.05, 3.63) is 29.3 Å². The number of nitrogens with two attached hydrogens (primary N) is 2. The SMILES string of the molecule is Nc1ccc(CCO)c(N)c1-c1nccs1. The monoisotopic (exact) mass is 235 g/mol. The van der Waals surface area contributed by atoms with Gasteiger partial charge in [0.05, 0.1) is 5.56 Å². The Morgan fingerprint density at radius 1 is 1.31 bits per heavy atom. The van der Waals surface area contributed by atoms with Crippen molar-refractivity contribution in [1.29, 1.82) is 0 Å². The molecule has 0 aliphatic heterocycles. The second kappa shape index (κ2) is 4.51. The number of aliphatic hydroxyl groups excluding tert-OH is 1. The van der Waals surface area contributed by atoms with Gasteiger partial charge < -0.3 is 16.6 Å². The fourth-order valence-corrected chi connectivity index (χ4v) is 2.32. The van der Waals surface area contributed by atoms with Crippen LogP contribution in [0.4, 0.5) is 11.4 Å². The standard InChI is InChI=1S/C11H13N3OS/c12-8-2-1-7(3-5-15)10(13)9(8)11-14-4-6-16-11/h1-2,4,6,15H,3,5,12-13H2. The molecular weight excluding hydrogens is 222 g/mol. The van der Waals surface area contributed by atoms with E-state index in [2.05, 4.69) is 4.98 Å².